The van der Waals surface area contributed by atoms with Crippen molar-refractivity contribution in [2.75, 3.05) is 13.1 Å². The van der Waals surface area contributed by atoms with E-state index in [1.54, 1.807) is 23.3 Å². The van der Waals surface area contributed by atoms with Crippen LogP contribution in [0.4, 0.5) is 0 Å². The van der Waals surface area contributed by atoms with Crippen LogP contribution in [0.1, 0.15) is 34.8 Å². The molecule has 1 atom stereocenters. The van der Waals surface area contributed by atoms with E-state index in [4.69, 9.17) is 10.7 Å². The Morgan fingerprint density at radius 2 is 2.11 bits per heavy atom. The summed E-state index contributed by atoms with van der Waals surface area (Å²) in [4.78, 5) is 35.2. The van der Waals surface area contributed by atoms with Gasteiger partial charge in [-0.25, -0.2) is 4.98 Å². The fraction of sp³-hybridized carbons (Fsp3) is 0.300. The van der Waals surface area contributed by atoms with Crippen LogP contribution in [0.15, 0.2) is 49.1 Å². The van der Waals surface area contributed by atoms with E-state index in [1.165, 1.54) is 0 Å². The fourth-order valence-electron chi connectivity index (χ4n) is 3.70. The number of para-hydroxylation sites is 1. The number of nitrogens with zero attached hydrogens (tertiary/aromatic N) is 4. The van der Waals surface area contributed by atoms with Gasteiger partial charge in [0.1, 0.15) is 6.54 Å². The molecule has 0 spiro atoms. The predicted molar refractivity (Wildman–Crippen MR) is 101 cm³/mol. The molecule has 138 valence electrons. The monoisotopic (exact) mass is 363 g/mol. The Kier molecular flexibility index (Phi) is 4.58. The summed E-state index contributed by atoms with van der Waals surface area (Å²) in [5.74, 6) is -0.443. The van der Waals surface area contributed by atoms with E-state index in [1.807, 2.05) is 35.2 Å². The molecule has 0 aliphatic carbocycles. The minimum Gasteiger partial charge on any atom is -0.366 e. The number of piperidine rings is 1. The minimum atomic E-state index is -0.481. The van der Waals surface area contributed by atoms with Crippen molar-refractivity contribution < 1.29 is 9.59 Å². The van der Waals surface area contributed by atoms with E-state index in [0.29, 0.717) is 24.3 Å². The third-order valence-corrected chi connectivity index (χ3v) is 5.06. The third kappa shape index (κ3) is 3.53. The number of hydrogen-bond donors (Lipinski definition) is 1. The maximum atomic E-state index is 12.6. The number of carbonyl (C=O) groups is 2. The zero-order chi connectivity index (χ0) is 18.8. The number of hydrogen-bond acceptors (Lipinski definition) is 4. The molecule has 1 saturated heterocycles. The van der Waals surface area contributed by atoms with Crippen LogP contribution in [0, 0.1) is 0 Å². The number of amides is 2. The van der Waals surface area contributed by atoms with E-state index >= 15 is 0 Å². The van der Waals surface area contributed by atoms with Gasteiger partial charge in [-0.15, -0.1) is 0 Å². The Morgan fingerprint density at radius 1 is 1.26 bits per heavy atom. The lowest BCUT2D eigenvalue weighted by Crippen LogP contribution is -2.41. The summed E-state index contributed by atoms with van der Waals surface area (Å²) in [6, 6.07) is 9.48. The van der Waals surface area contributed by atoms with E-state index in [-0.39, 0.29) is 18.4 Å². The van der Waals surface area contributed by atoms with Crippen LogP contribution in [0.5, 0.6) is 0 Å². The summed E-state index contributed by atoms with van der Waals surface area (Å²) in [6.07, 6.45) is 6.81. The van der Waals surface area contributed by atoms with E-state index in [9.17, 15) is 9.59 Å². The average molecular weight is 363 g/mol. The SMILES string of the molecule is NC(=O)c1cc2ccccc2nc1C1CCCN(C(=O)Cn2ccnc2)C1. The molecule has 3 heterocycles. The van der Waals surface area contributed by atoms with Gasteiger partial charge in [0, 0.05) is 36.8 Å². The molecule has 0 saturated carbocycles. The highest BCUT2D eigenvalue weighted by Crippen LogP contribution is 2.30. The third-order valence-electron chi connectivity index (χ3n) is 5.06. The van der Waals surface area contributed by atoms with Gasteiger partial charge in [0.15, 0.2) is 0 Å². The number of fused-ring (bicyclic) bond motifs is 1. The van der Waals surface area contributed by atoms with Crippen molar-refractivity contribution in [1.29, 1.82) is 0 Å². The van der Waals surface area contributed by atoms with Crippen LogP contribution >= 0.6 is 0 Å². The van der Waals surface area contributed by atoms with Gasteiger partial charge in [-0.3, -0.25) is 14.6 Å². The van der Waals surface area contributed by atoms with Gasteiger partial charge in [0.05, 0.1) is 23.1 Å². The molecule has 0 radical (unpaired) electrons. The second-order valence-electron chi connectivity index (χ2n) is 6.89. The van der Waals surface area contributed by atoms with Gasteiger partial charge in [-0.05, 0) is 25.0 Å². The molecular formula is C20H21N5O2. The molecule has 7 nitrogen and oxygen atoms in total. The Bertz CT molecular complexity index is 983. The first-order valence-electron chi connectivity index (χ1n) is 9.05. The molecule has 4 rings (SSSR count). The largest absolute Gasteiger partial charge is 0.366 e. The summed E-state index contributed by atoms with van der Waals surface area (Å²) in [7, 11) is 0. The highest BCUT2D eigenvalue weighted by atomic mass is 16.2. The number of aromatic nitrogens is 3. The first-order chi connectivity index (χ1) is 13.1. The predicted octanol–water partition coefficient (Wildman–Crippen LogP) is 1.94. The fourth-order valence-corrected chi connectivity index (χ4v) is 3.70. The zero-order valence-corrected chi connectivity index (χ0v) is 14.9. The molecule has 1 aliphatic heterocycles. The Morgan fingerprint density at radius 3 is 2.89 bits per heavy atom. The van der Waals surface area contributed by atoms with Crippen LogP contribution in [0.3, 0.4) is 0 Å². The Labute approximate surface area is 156 Å². The first kappa shape index (κ1) is 17.2. The number of likely N-dealkylation sites (tertiary alicyclic amines) is 1. The van der Waals surface area contributed by atoms with Crippen LogP contribution in [0.2, 0.25) is 0 Å². The van der Waals surface area contributed by atoms with E-state index in [2.05, 4.69) is 4.98 Å². The van der Waals surface area contributed by atoms with Gasteiger partial charge in [-0.1, -0.05) is 18.2 Å². The van der Waals surface area contributed by atoms with Crippen molar-refractivity contribution in [3.63, 3.8) is 0 Å². The molecule has 27 heavy (non-hydrogen) atoms. The Hall–Kier alpha value is -3.22. The van der Waals surface area contributed by atoms with Gasteiger partial charge in [0.2, 0.25) is 5.91 Å². The van der Waals surface area contributed by atoms with E-state index in [0.717, 1.165) is 23.7 Å². The number of benzene rings is 1. The normalized spacial score (nSPS) is 17.2. The van der Waals surface area contributed by atoms with Crippen molar-refractivity contribution >= 4 is 22.7 Å². The summed E-state index contributed by atoms with van der Waals surface area (Å²) in [5.41, 5.74) is 7.60. The second-order valence-corrected chi connectivity index (χ2v) is 6.89. The molecule has 3 aromatic rings. The summed E-state index contributed by atoms with van der Waals surface area (Å²) in [6.45, 7) is 1.52. The van der Waals surface area contributed by atoms with E-state index < -0.39 is 5.91 Å². The average Bonchev–Trinajstić information content (AvgIpc) is 3.20. The quantitative estimate of drug-likeness (QED) is 0.766. The number of rotatable bonds is 4. The molecule has 1 fully saturated rings. The molecular weight excluding hydrogens is 342 g/mol. The molecule has 1 aromatic carbocycles. The number of imidazole rings is 1. The van der Waals surface area contributed by atoms with Crippen molar-refractivity contribution in [3.05, 3.63) is 60.3 Å². The molecule has 7 heteroatoms. The van der Waals surface area contributed by atoms with Gasteiger partial charge >= 0.3 is 0 Å². The highest BCUT2D eigenvalue weighted by molar-refractivity contribution is 5.97. The topological polar surface area (TPSA) is 94.1 Å². The second kappa shape index (κ2) is 7.19. The number of carbonyl (C=O) groups excluding carboxylic acids is 2. The highest BCUT2D eigenvalue weighted by Gasteiger charge is 2.28. The summed E-state index contributed by atoms with van der Waals surface area (Å²) < 4.78 is 1.76. The van der Waals surface area contributed by atoms with Crippen LogP contribution in [-0.4, -0.2) is 44.3 Å². The first-order valence-corrected chi connectivity index (χ1v) is 9.05. The number of primary amides is 1. The Balaban J connectivity index is 1.61. The van der Waals surface area contributed by atoms with Crippen LogP contribution < -0.4 is 5.73 Å². The lowest BCUT2D eigenvalue weighted by Gasteiger charge is -2.33. The van der Waals surface area contributed by atoms with Crippen LogP contribution in [-0.2, 0) is 11.3 Å². The van der Waals surface area contributed by atoms with Crippen LogP contribution in [0.25, 0.3) is 10.9 Å². The van der Waals surface area contributed by atoms with Gasteiger partial charge < -0.3 is 15.2 Å². The maximum Gasteiger partial charge on any atom is 0.250 e. The van der Waals surface area contributed by atoms with Crippen molar-refractivity contribution in [3.8, 4) is 0 Å². The smallest absolute Gasteiger partial charge is 0.250 e. The summed E-state index contributed by atoms with van der Waals surface area (Å²) in [5, 5.41) is 0.888. The van der Waals surface area contributed by atoms with Gasteiger partial charge in [-0.2, -0.15) is 0 Å². The summed E-state index contributed by atoms with van der Waals surface area (Å²) >= 11 is 0. The molecule has 2 amide bonds. The standard InChI is InChI=1S/C20H21N5O2/c21-20(27)16-10-14-4-1-2-6-17(14)23-19(16)15-5-3-8-25(11-15)18(26)12-24-9-7-22-13-24/h1-2,4,6-7,9-10,13,15H,3,5,8,11-12H2,(H2,21,27). The van der Waals surface area contributed by atoms with Gasteiger partial charge in [0.25, 0.3) is 5.91 Å². The van der Waals surface area contributed by atoms with Crippen molar-refractivity contribution in [2.24, 2.45) is 5.73 Å². The molecule has 0 bridgehead atoms. The number of nitrogens with two attached hydrogens (primary N) is 1. The number of pyridine rings is 1. The molecule has 2 aromatic heterocycles. The zero-order valence-electron chi connectivity index (χ0n) is 14.9. The lowest BCUT2D eigenvalue weighted by atomic mass is 9.90. The minimum absolute atomic E-state index is 0.00223. The molecule has 1 aliphatic rings. The molecule has 1 unspecified atom stereocenters. The molecule has 2 N–H and O–H groups in total. The van der Waals surface area contributed by atoms with Crippen molar-refractivity contribution in [1.82, 2.24) is 19.4 Å². The maximum absolute atomic E-state index is 12.6. The van der Waals surface area contributed by atoms with Crippen molar-refractivity contribution in [2.45, 2.75) is 25.3 Å². The lowest BCUT2D eigenvalue weighted by molar-refractivity contribution is -0.133.